The summed E-state index contributed by atoms with van der Waals surface area (Å²) in [6, 6.07) is 18.3. The van der Waals surface area contributed by atoms with Crippen molar-refractivity contribution in [2.24, 2.45) is 0 Å². The summed E-state index contributed by atoms with van der Waals surface area (Å²) in [4.78, 5) is 19.7. The maximum Gasteiger partial charge on any atom is 0.0617 e. The smallest absolute Gasteiger partial charge is 0.0617 e. The van der Waals surface area contributed by atoms with Gasteiger partial charge in [0.15, 0.2) is 0 Å². The van der Waals surface area contributed by atoms with E-state index in [2.05, 4.69) is 213 Å². The largest absolute Gasteiger partial charge is 0.261 e. The second kappa shape index (κ2) is 19.0. The van der Waals surface area contributed by atoms with Crippen molar-refractivity contribution in [1.29, 1.82) is 0 Å². The Morgan fingerprint density at radius 1 is 0.343 bits per heavy atom. The van der Waals surface area contributed by atoms with Crippen LogP contribution in [0.5, 0.6) is 0 Å². The molecule has 0 aliphatic heterocycles. The van der Waals surface area contributed by atoms with E-state index in [-0.39, 0.29) is 0 Å². The van der Waals surface area contributed by atoms with Crippen molar-refractivity contribution in [3.8, 4) is 40.4 Å². The molecule has 348 valence electrons. The van der Waals surface area contributed by atoms with E-state index in [4.69, 9.17) is 0 Å². The van der Waals surface area contributed by atoms with E-state index < -0.39 is 0 Å². The molecule has 12 heterocycles. The third kappa shape index (κ3) is 8.16. The van der Waals surface area contributed by atoms with Crippen LogP contribution in [0, 0.1) is 34.8 Å². The first-order chi connectivity index (χ1) is 33.6. The number of pyridine rings is 2. The van der Waals surface area contributed by atoms with Crippen molar-refractivity contribution < 1.29 is 0 Å². The van der Waals surface area contributed by atoms with Crippen molar-refractivity contribution in [2.45, 2.75) is 27.7 Å². The Bertz CT molecular complexity index is 4260. The van der Waals surface area contributed by atoms with Crippen molar-refractivity contribution >= 4 is 332 Å². The number of aromatic nitrogens is 2. The Morgan fingerprint density at radius 3 is 0.929 bits per heavy atom. The van der Waals surface area contributed by atoms with Gasteiger partial charge >= 0.3 is 0 Å². The standard InChI is InChI=1S/C26H12Br4N2S4.C24H10Br2I2S6/c1-9-3-15(27)13(7-31-9)21-19(29)25-23(35-21)11-5-18-12(6-17(11)33-25)24-26(34-18)20(30)22(36-24)14-8-32-10(2)4-16(14)28;1-7-3-11(27)19(29-7)23-15(25)21-17(33-23)9-5-14-10(6-13(9)31-21)18-22(32-14)16(26)24(34-18)20-12(28)4-8(2)30-20/h3-8H,1-2H3;3-6H,1-2H3. The lowest BCUT2D eigenvalue weighted by molar-refractivity contribution is 1.20. The highest BCUT2D eigenvalue weighted by Crippen LogP contribution is 2.57. The SMILES string of the molecule is Cc1cc(Br)c(-c2sc3c(sc4cc5c(cc43)sc3c(Br)c(-c4cnc(C)cc4Br)sc35)c2Br)cn1.Cc1cc(I)c(-c2sc3c(sc4cc5c(cc43)sc3c(Br)c(-c4sc(C)cc4I)sc35)c2Br)s1. The number of aryl methyl sites for hydroxylation is 4. The first kappa shape index (κ1) is 49.7. The second-order valence-corrected chi connectivity index (χ2v) is 34.4. The second-order valence-electron chi connectivity index (χ2n) is 16.4. The fourth-order valence-corrected chi connectivity index (χ4v) is 29.8. The van der Waals surface area contributed by atoms with Crippen molar-refractivity contribution in [1.82, 2.24) is 9.97 Å². The number of rotatable bonds is 4. The Hall–Kier alpha value is 0.160. The maximum absolute atomic E-state index is 4.53. The molecule has 0 amide bonds. The summed E-state index contributed by atoms with van der Waals surface area (Å²) < 4.78 is 25.9. The third-order valence-electron chi connectivity index (χ3n) is 11.7. The minimum Gasteiger partial charge on any atom is -0.261 e. The molecule has 0 aliphatic rings. The molecule has 0 unspecified atom stereocenters. The molecule has 0 spiro atoms. The molecule has 0 N–H and O–H groups in total. The number of hydrogen-bond donors (Lipinski definition) is 0. The van der Waals surface area contributed by atoms with Crippen LogP contribution >= 0.6 is 254 Å². The number of fused-ring (bicyclic) bond motifs is 12. The molecular weight excluding hydrogens is 1680 g/mol. The number of nitrogens with zero attached hydrogens (tertiary/aromatic N) is 2. The lowest BCUT2D eigenvalue weighted by atomic mass is 10.2. The van der Waals surface area contributed by atoms with Gasteiger partial charge in [-0.3, -0.25) is 9.97 Å². The highest BCUT2D eigenvalue weighted by Gasteiger charge is 2.26. The number of thiophene rings is 10. The molecule has 14 aromatic rings. The predicted molar refractivity (Wildman–Crippen MR) is 360 cm³/mol. The molecule has 0 saturated carbocycles. The fraction of sp³-hybridized carbons (Fsp3) is 0.0800. The predicted octanol–water partition coefficient (Wildman–Crippen LogP) is 25.7. The quantitative estimate of drug-likeness (QED) is 0.164. The zero-order valence-electron chi connectivity index (χ0n) is 35.8. The summed E-state index contributed by atoms with van der Waals surface area (Å²) in [5, 5.41) is 5.43. The average molecular weight is 1700 g/mol. The molecule has 2 aromatic carbocycles. The summed E-state index contributed by atoms with van der Waals surface area (Å²) in [7, 11) is 0. The maximum atomic E-state index is 4.53. The minimum absolute atomic E-state index is 1.01. The molecule has 2 nitrogen and oxygen atoms in total. The van der Waals surface area contributed by atoms with Gasteiger partial charge < -0.3 is 0 Å². The Kier molecular flexibility index (Phi) is 13.5. The van der Waals surface area contributed by atoms with Gasteiger partial charge in [-0.05, 0) is 185 Å². The third-order valence-corrected chi connectivity index (χ3v) is 33.3. The van der Waals surface area contributed by atoms with Gasteiger partial charge in [0.2, 0.25) is 0 Å². The van der Waals surface area contributed by atoms with Crippen LogP contribution in [-0.4, -0.2) is 9.97 Å². The summed E-state index contributed by atoms with van der Waals surface area (Å²) in [5.74, 6) is 0. The molecule has 12 aromatic heterocycles. The summed E-state index contributed by atoms with van der Waals surface area (Å²) in [6.07, 6.45) is 3.93. The van der Waals surface area contributed by atoms with E-state index in [9.17, 15) is 0 Å². The van der Waals surface area contributed by atoms with Crippen LogP contribution < -0.4 is 0 Å². The topological polar surface area (TPSA) is 25.8 Å². The van der Waals surface area contributed by atoms with Crippen LogP contribution in [-0.2, 0) is 0 Å². The van der Waals surface area contributed by atoms with Gasteiger partial charge in [-0.1, -0.05) is 31.9 Å². The van der Waals surface area contributed by atoms with Crippen LogP contribution in [0.1, 0.15) is 21.1 Å². The molecule has 0 fully saturated rings. The monoisotopic (exact) mass is 1700 g/mol. The van der Waals surface area contributed by atoms with Gasteiger partial charge in [0.25, 0.3) is 0 Å². The number of benzene rings is 2. The van der Waals surface area contributed by atoms with E-state index in [1.54, 1.807) is 0 Å². The fourth-order valence-electron chi connectivity index (χ4n) is 8.57. The normalized spacial score (nSPS) is 12.3. The van der Waals surface area contributed by atoms with Crippen LogP contribution in [0.3, 0.4) is 0 Å². The van der Waals surface area contributed by atoms with Gasteiger partial charge in [0, 0.05) is 101 Å². The van der Waals surface area contributed by atoms with Crippen molar-refractivity contribution in [3.05, 3.63) is 116 Å². The highest BCUT2D eigenvalue weighted by atomic mass is 127. The summed E-state index contributed by atoms with van der Waals surface area (Å²) in [6.45, 7) is 8.41. The molecule has 20 heteroatoms. The van der Waals surface area contributed by atoms with Crippen molar-refractivity contribution in [3.63, 3.8) is 0 Å². The first-order valence-corrected chi connectivity index (χ1v) is 35.8. The zero-order valence-corrected chi connectivity index (χ0v) is 57.8. The van der Waals surface area contributed by atoms with Crippen LogP contribution in [0.15, 0.2) is 87.8 Å². The van der Waals surface area contributed by atoms with Gasteiger partial charge in [-0.25, -0.2) is 0 Å². The zero-order chi connectivity index (χ0) is 48.3. The average Bonchev–Trinajstić information content (AvgIpc) is 4.21. The van der Waals surface area contributed by atoms with E-state index in [0.717, 1.165) is 40.4 Å². The van der Waals surface area contributed by atoms with Gasteiger partial charge in [0.05, 0.1) is 84.8 Å². The number of halogens is 8. The first-order valence-electron chi connectivity index (χ1n) is 20.8. The Balaban J connectivity index is 0.000000137. The Morgan fingerprint density at radius 2 is 0.643 bits per heavy atom. The van der Waals surface area contributed by atoms with Gasteiger partial charge in [0.1, 0.15) is 0 Å². The lowest BCUT2D eigenvalue weighted by Crippen LogP contribution is -1.83. The molecular formula is C50H22Br6I2N2S10. The molecule has 0 radical (unpaired) electrons. The van der Waals surface area contributed by atoms with Gasteiger partial charge in [-0.15, -0.1) is 113 Å². The molecule has 0 bridgehead atoms. The molecule has 0 aliphatic carbocycles. The van der Waals surface area contributed by atoms with Gasteiger partial charge in [-0.2, -0.15) is 0 Å². The lowest BCUT2D eigenvalue weighted by Gasteiger charge is -2.03. The van der Waals surface area contributed by atoms with Crippen molar-refractivity contribution in [2.75, 3.05) is 0 Å². The number of hydrogen-bond acceptors (Lipinski definition) is 12. The van der Waals surface area contributed by atoms with E-state index in [1.165, 1.54) is 133 Å². The summed E-state index contributed by atoms with van der Waals surface area (Å²) >= 11 is 47.1. The highest BCUT2D eigenvalue weighted by molar-refractivity contribution is 14.1. The van der Waals surface area contributed by atoms with E-state index in [1.807, 2.05) is 140 Å². The van der Waals surface area contributed by atoms with Crippen LogP contribution in [0.2, 0.25) is 0 Å². The minimum atomic E-state index is 1.01. The Labute approximate surface area is 517 Å². The molecule has 14 rings (SSSR count). The molecule has 70 heavy (non-hydrogen) atoms. The summed E-state index contributed by atoms with van der Waals surface area (Å²) in [5.41, 5.74) is 4.26. The molecule has 0 atom stereocenters. The van der Waals surface area contributed by atoms with Crippen LogP contribution in [0.25, 0.3) is 118 Å². The molecule has 0 saturated heterocycles. The van der Waals surface area contributed by atoms with E-state index in [0.29, 0.717) is 0 Å². The van der Waals surface area contributed by atoms with Crippen LogP contribution in [0.4, 0.5) is 0 Å². The van der Waals surface area contributed by atoms with E-state index >= 15 is 0 Å².